The number of aryl methyl sites for hydroxylation is 1. The van der Waals surface area contributed by atoms with E-state index in [-0.39, 0.29) is 0 Å². The maximum Gasteiger partial charge on any atom is 0.211 e. The maximum atomic E-state index is 4.86. The molecule has 1 atom stereocenters. The molecule has 0 saturated carbocycles. The summed E-state index contributed by atoms with van der Waals surface area (Å²) >= 11 is 1.59. The number of hydrogen-bond acceptors (Lipinski definition) is 6. The Morgan fingerprint density at radius 1 is 1.28 bits per heavy atom. The molecule has 1 aliphatic heterocycles. The van der Waals surface area contributed by atoms with E-state index in [0.717, 1.165) is 35.5 Å². The third kappa shape index (κ3) is 5.22. The molecule has 1 fully saturated rings. The van der Waals surface area contributed by atoms with E-state index >= 15 is 0 Å². The van der Waals surface area contributed by atoms with Gasteiger partial charge < -0.3 is 10.2 Å². The minimum atomic E-state index is 0.341. The summed E-state index contributed by atoms with van der Waals surface area (Å²) in [6.07, 6.45) is 3.38. The first-order chi connectivity index (χ1) is 11.9. The predicted octanol–water partition coefficient (Wildman–Crippen LogP) is 4.46. The van der Waals surface area contributed by atoms with Gasteiger partial charge in [0.1, 0.15) is 10.8 Å². The van der Waals surface area contributed by atoms with Crippen LogP contribution in [0, 0.1) is 5.41 Å². The Morgan fingerprint density at radius 3 is 2.84 bits per heavy atom. The summed E-state index contributed by atoms with van der Waals surface area (Å²) in [5.41, 5.74) is 1.52. The molecule has 1 N–H and O–H groups in total. The molecule has 3 heterocycles. The SMILES string of the molecule is CCc1nnc(Nc2cccc([C@H]3CCCN(CC(C)(C)C)C3)n2)s1. The molecule has 5 nitrogen and oxygen atoms in total. The van der Waals surface area contributed by atoms with Gasteiger partial charge in [-0.1, -0.05) is 45.1 Å². The Kier molecular flexibility index (Phi) is 5.69. The molecule has 6 heteroatoms. The molecule has 2 aromatic rings. The van der Waals surface area contributed by atoms with Crippen molar-refractivity contribution < 1.29 is 0 Å². The van der Waals surface area contributed by atoms with Gasteiger partial charge in [-0.3, -0.25) is 0 Å². The van der Waals surface area contributed by atoms with E-state index in [2.05, 4.69) is 60.2 Å². The van der Waals surface area contributed by atoms with Crippen molar-refractivity contribution in [2.75, 3.05) is 25.0 Å². The van der Waals surface area contributed by atoms with E-state index in [9.17, 15) is 0 Å². The predicted molar refractivity (Wildman–Crippen MR) is 105 cm³/mol. The van der Waals surface area contributed by atoms with Crippen LogP contribution in [0.4, 0.5) is 10.9 Å². The highest BCUT2D eigenvalue weighted by atomic mass is 32.1. The number of pyridine rings is 1. The van der Waals surface area contributed by atoms with Crippen LogP contribution in [0.5, 0.6) is 0 Å². The van der Waals surface area contributed by atoms with Gasteiger partial charge in [0.15, 0.2) is 0 Å². The van der Waals surface area contributed by atoms with Crippen molar-refractivity contribution in [3.05, 3.63) is 28.9 Å². The van der Waals surface area contributed by atoms with Crippen LogP contribution in [0.1, 0.15) is 57.2 Å². The molecule has 0 unspecified atom stereocenters. The second-order valence-electron chi connectivity index (χ2n) is 8.06. The number of rotatable bonds is 5. The standard InChI is InChI=1S/C19H29N5S/c1-5-17-22-23-18(25-17)21-16-10-6-9-15(20-16)14-8-7-11-24(12-14)13-19(2,3)4/h6,9-10,14H,5,7-8,11-13H2,1-4H3,(H,20,21,23)/t14-/m0/s1. The van der Waals surface area contributed by atoms with Gasteiger partial charge in [0.25, 0.3) is 0 Å². The number of nitrogens with zero attached hydrogens (tertiary/aromatic N) is 4. The number of aromatic nitrogens is 3. The Balaban J connectivity index is 1.68. The van der Waals surface area contributed by atoms with E-state index in [4.69, 9.17) is 4.98 Å². The van der Waals surface area contributed by atoms with Crippen LogP contribution in [-0.2, 0) is 6.42 Å². The Labute approximate surface area is 154 Å². The van der Waals surface area contributed by atoms with Crippen molar-refractivity contribution in [3.8, 4) is 0 Å². The number of hydrogen-bond donors (Lipinski definition) is 1. The van der Waals surface area contributed by atoms with Crippen LogP contribution >= 0.6 is 11.3 Å². The van der Waals surface area contributed by atoms with Crippen molar-refractivity contribution in [1.82, 2.24) is 20.1 Å². The van der Waals surface area contributed by atoms with Gasteiger partial charge in [0, 0.05) is 24.7 Å². The van der Waals surface area contributed by atoms with Crippen molar-refractivity contribution in [1.29, 1.82) is 0 Å². The summed E-state index contributed by atoms with van der Waals surface area (Å²) in [6, 6.07) is 6.26. The minimum Gasteiger partial charge on any atom is -0.315 e. The molecule has 0 aromatic carbocycles. The molecule has 1 saturated heterocycles. The summed E-state index contributed by atoms with van der Waals surface area (Å²) in [4.78, 5) is 7.45. The van der Waals surface area contributed by atoms with Gasteiger partial charge >= 0.3 is 0 Å². The lowest BCUT2D eigenvalue weighted by Crippen LogP contribution is -2.39. The van der Waals surface area contributed by atoms with Gasteiger partial charge in [0.05, 0.1) is 0 Å². The highest BCUT2D eigenvalue weighted by molar-refractivity contribution is 7.15. The quantitative estimate of drug-likeness (QED) is 0.854. The molecule has 136 valence electrons. The van der Waals surface area contributed by atoms with Crippen LogP contribution in [0.3, 0.4) is 0 Å². The van der Waals surface area contributed by atoms with Crippen molar-refractivity contribution in [2.24, 2.45) is 5.41 Å². The highest BCUT2D eigenvalue weighted by Gasteiger charge is 2.25. The van der Waals surface area contributed by atoms with Gasteiger partial charge in [-0.2, -0.15) is 0 Å². The van der Waals surface area contributed by atoms with Crippen molar-refractivity contribution in [2.45, 2.75) is 52.9 Å². The number of anilines is 2. The first-order valence-electron chi connectivity index (χ1n) is 9.21. The first kappa shape index (κ1) is 18.3. The molecule has 0 amide bonds. The second-order valence-corrected chi connectivity index (χ2v) is 9.12. The fourth-order valence-corrected chi connectivity index (χ4v) is 4.10. The van der Waals surface area contributed by atoms with Gasteiger partial charge in [-0.15, -0.1) is 10.2 Å². The van der Waals surface area contributed by atoms with Crippen LogP contribution in [0.15, 0.2) is 18.2 Å². The molecular formula is C19H29N5S. The summed E-state index contributed by atoms with van der Waals surface area (Å²) in [6.45, 7) is 12.5. The minimum absolute atomic E-state index is 0.341. The van der Waals surface area contributed by atoms with E-state index in [1.807, 2.05) is 6.07 Å². The molecule has 0 radical (unpaired) electrons. The first-order valence-corrected chi connectivity index (χ1v) is 10.0. The second kappa shape index (κ2) is 7.79. The smallest absolute Gasteiger partial charge is 0.211 e. The number of piperidine rings is 1. The fourth-order valence-electron chi connectivity index (χ4n) is 3.42. The normalized spacial score (nSPS) is 19.1. The average Bonchev–Trinajstić information content (AvgIpc) is 3.01. The lowest BCUT2D eigenvalue weighted by atomic mass is 9.90. The molecule has 3 rings (SSSR count). The zero-order chi connectivity index (χ0) is 17.9. The summed E-state index contributed by atoms with van der Waals surface area (Å²) < 4.78 is 0. The Bertz CT molecular complexity index is 691. The summed E-state index contributed by atoms with van der Waals surface area (Å²) in [5.74, 6) is 1.38. The Hall–Kier alpha value is -1.53. The van der Waals surface area contributed by atoms with E-state index in [1.165, 1.54) is 25.1 Å². The number of nitrogens with one attached hydrogen (secondary N) is 1. The van der Waals surface area contributed by atoms with Crippen molar-refractivity contribution in [3.63, 3.8) is 0 Å². The topological polar surface area (TPSA) is 53.9 Å². The zero-order valence-electron chi connectivity index (χ0n) is 15.7. The van der Waals surface area contributed by atoms with Crippen LogP contribution in [0.25, 0.3) is 0 Å². The highest BCUT2D eigenvalue weighted by Crippen LogP contribution is 2.29. The average molecular weight is 360 g/mol. The lowest BCUT2D eigenvalue weighted by molar-refractivity contribution is 0.150. The van der Waals surface area contributed by atoms with Crippen LogP contribution in [0.2, 0.25) is 0 Å². The van der Waals surface area contributed by atoms with Gasteiger partial charge in [-0.25, -0.2) is 4.98 Å². The maximum absolute atomic E-state index is 4.86. The summed E-state index contributed by atoms with van der Waals surface area (Å²) in [7, 11) is 0. The molecule has 2 aromatic heterocycles. The largest absolute Gasteiger partial charge is 0.315 e. The van der Waals surface area contributed by atoms with E-state index < -0.39 is 0 Å². The van der Waals surface area contributed by atoms with Crippen LogP contribution in [-0.4, -0.2) is 39.7 Å². The van der Waals surface area contributed by atoms with Gasteiger partial charge in [0.2, 0.25) is 5.13 Å². The Morgan fingerprint density at radius 2 is 2.12 bits per heavy atom. The lowest BCUT2D eigenvalue weighted by Gasteiger charge is -2.36. The van der Waals surface area contributed by atoms with Gasteiger partial charge in [-0.05, 0) is 43.4 Å². The fraction of sp³-hybridized carbons (Fsp3) is 0.632. The van der Waals surface area contributed by atoms with Crippen molar-refractivity contribution >= 4 is 22.3 Å². The molecule has 1 aliphatic rings. The summed E-state index contributed by atoms with van der Waals surface area (Å²) in [5, 5.41) is 13.5. The third-order valence-electron chi connectivity index (χ3n) is 4.40. The molecule has 0 spiro atoms. The molecular weight excluding hydrogens is 330 g/mol. The third-order valence-corrected chi connectivity index (χ3v) is 5.38. The van der Waals surface area contributed by atoms with E-state index in [1.54, 1.807) is 11.3 Å². The van der Waals surface area contributed by atoms with E-state index in [0.29, 0.717) is 11.3 Å². The zero-order valence-corrected chi connectivity index (χ0v) is 16.6. The number of likely N-dealkylation sites (tertiary alicyclic amines) is 1. The monoisotopic (exact) mass is 359 g/mol. The molecule has 0 bridgehead atoms. The van der Waals surface area contributed by atoms with Crippen LogP contribution < -0.4 is 5.32 Å². The molecule has 0 aliphatic carbocycles. The molecule has 25 heavy (non-hydrogen) atoms.